The molecule has 0 amide bonds. The van der Waals surface area contributed by atoms with Crippen LogP contribution in [0.5, 0.6) is 0 Å². The van der Waals surface area contributed by atoms with Gasteiger partial charge in [0.2, 0.25) is 0 Å². The standard InChI is InChI=1S/C24H21ClN4O/c25-21-8-5-18(6-9-21)23-4-2-1-3-20(23)17-28-11-13-29(14-12-28)22-10-7-19(16-26)24(15-22)27-30/h1-10,15H,11-14,17H2. The zero-order valence-electron chi connectivity index (χ0n) is 16.5. The van der Waals surface area contributed by atoms with Crippen LogP contribution >= 0.6 is 11.6 Å². The van der Waals surface area contributed by atoms with Crippen molar-refractivity contribution in [2.24, 2.45) is 5.18 Å². The van der Waals surface area contributed by atoms with Crippen molar-refractivity contribution in [2.75, 3.05) is 31.1 Å². The predicted molar refractivity (Wildman–Crippen MR) is 121 cm³/mol. The van der Waals surface area contributed by atoms with Gasteiger partial charge in [0, 0.05) is 43.4 Å². The number of halogens is 1. The molecule has 3 aromatic rings. The lowest BCUT2D eigenvalue weighted by molar-refractivity contribution is 0.250. The highest BCUT2D eigenvalue weighted by Gasteiger charge is 2.19. The van der Waals surface area contributed by atoms with Crippen LogP contribution in [-0.4, -0.2) is 31.1 Å². The molecule has 1 saturated heterocycles. The zero-order chi connectivity index (χ0) is 20.9. The number of anilines is 1. The van der Waals surface area contributed by atoms with Gasteiger partial charge in [-0.1, -0.05) is 48.0 Å². The summed E-state index contributed by atoms with van der Waals surface area (Å²) < 4.78 is 0. The molecule has 1 aliphatic heterocycles. The zero-order valence-corrected chi connectivity index (χ0v) is 17.2. The fraction of sp³-hybridized carbons (Fsp3) is 0.208. The van der Waals surface area contributed by atoms with Crippen LogP contribution in [0, 0.1) is 16.2 Å². The van der Waals surface area contributed by atoms with Crippen LogP contribution in [0.2, 0.25) is 5.02 Å². The molecule has 0 N–H and O–H groups in total. The lowest BCUT2D eigenvalue weighted by Gasteiger charge is -2.36. The first-order valence-corrected chi connectivity index (χ1v) is 10.2. The van der Waals surface area contributed by atoms with Crippen LogP contribution < -0.4 is 4.90 Å². The van der Waals surface area contributed by atoms with Gasteiger partial charge < -0.3 is 4.90 Å². The van der Waals surface area contributed by atoms with Gasteiger partial charge in [-0.3, -0.25) is 4.90 Å². The van der Waals surface area contributed by atoms with Crippen molar-refractivity contribution in [3.05, 3.63) is 87.8 Å². The molecule has 30 heavy (non-hydrogen) atoms. The summed E-state index contributed by atoms with van der Waals surface area (Å²) in [6.45, 7) is 4.42. The Bertz CT molecular complexity index is 1080. The Balaban J connectivity index is 1.44. The van der Waals surface area contributed by atoms with Crippen molar-refractivity contribution in [3.8, 4) is 17.2 Å². The highest BCUT2D eigenvalue weighted by Crippen LogP contribution is 2.28. The lowest BCUT2D eigenvalue weighted by atomic mass is 9.99. The first kappa shape index (κ1) is 20.1. The Kier molecular flexibility index (Phi) is 6.08. The Labute approximate surface area is 181 Å². The van der Waals surface area contributed by atoms with Gasteiger partial charge in [0.05, 0.1) is 5.56 Å². The minimum absolute atomic E-state index is 0.203. The summed E-state index contributed by atoms with van der Waals surface area (Å²) in [5.74, 6) is 0. The second kappa shape index (κ2) is 9.08. The first-order valence-electron chi connectivity index (χ1n) is 9.86. The Morgan fingerprint density at radius 3 is 2.40 bits per heavy atom. The van der Waals surface area contributed by atoms with Gasteiger partial charge in [-0.05, 0) is 52.2 Å². The topological polar surface area (TPSA) is 59.7 Å². The van der Waals surface area contributed by atoms with Crippen molar-refractivity contribution in [1.29, 1.82) is 5.26 Å². The summed E-state index contributed by atoms with van der Waals surface area (Å²) in [7, 11) is 0. The SMILES string of the molecule is N#Cc1ccc(N2CCN(Cc3ccccc3-c3ccc(Cl)cc3)CC2)cc1N=O. The van der Waals surface area contributed by atoms with Crippen molar-refractivity contribution < 1.29 is 0 Å². The van der Waals surface area contributed by atoms with Crippen LogP contribution in [0.1, 0.15) is 11.1 Å². The number of rotatable bonds is 5. The molecule has 1 fully saturated rings. The fourth-order valence-corrected chi connectivity index (χ4v) is 3.99. The highest BCUT2D eigenvalue weighted by molar-refractivity contribution is 6.30. The van der Waals surface area contributed by atoms with Crippen LogP contribution in [-0.2, 0) is 6.54 Å². The number of nitriles is 1. The smallest absolute Gasteiger partial charge is 0.127 e. The molecule has 0 saturated carbocycles. The Morgan fingerprint density at radius 1 is 0.967 bits per heavy atom. The first-order chi connectivity index (χ1) is 14.7. The molecule has 1 heterocycles. The maximum Gasteiger partial charge on any atom is 0.127 e. The molecule has 0 radical (unpaired) electrons. The third-order valence-corrected chi connectivity index (χ3v) is 5.76. The summed E-state index contributed by atoms with van der Waals surface area (Å²) in [6.07, 6.45) is 0. The van der Waals surface area contributed by atoms with Gasteiger partial charge in [0.15, 0.2) is 0 Å². The van der Waals surface area contributed by atoms with Crippen LogP contribution in [0.25, 0.3) is 11.1 Å². The van der Waals surface area contributed by atoms with E-state index in [1.54, 1.807) is 12.1 Å². The summed E-state index contributed by atoms with van der Waals surface area (Å²) in [5, 5.41) is 12.8. The average molecular weight is 417 g/mol. The molecule has 0 bridgehead atoms. The molecule has 0 spiro atoms. The number of piperazine rings is 1. The monoisotopic (exact) mass is 416 g/mol. The predicted octanol–water partition coefficient (Wildman–Crippen LogP) is 5.60. The van der Waals surface area contributed by atoms with Gasteiger partial charge in [-0.2, -0.15) is 5.26 Å². The molecule has 0 atom stereocenters. The molecule has 5 nitrogen and oxygen atoms in total. The molecule has 1 aliphatic rings. The van der Waals surface area contributed by atoms with E-state index in [9.17, 15) is 4.91 Å². The van der Waals surface area contributed by atoms with E-state index in [4.69, 9.17) is 16.9 Å². The van der Waals surface area contributed by atoms with Crippen molar-refractivity contribution in [3.63, 3.8) is 0 Å². The normalized spacial score (nSPS) is 14.3. The van der Waals surface area contributed by atoms with Crippen molar-refractivity contribution in [1.82, 2.24) is 4.90 Å². The van der Waals surface area contributed by atoms with Crippen LogP contribution in [0.15, 0.2) is 71.9 Å². The molecule has 150 valence electrons. The maximum atomic E-state index is 11.0. The molecule has 0 aromatic heterocycles. The van der Waals surface area contributed by atoms with Gasteiger partial charge in [-0.15, -0.1) is 4.91 Å². The van der Waals surface area contributed by atoms with E-state index in [0.717, 1.165) is 43.4 Å². The molecule has 6 heteroatoms. The summed E-state index contributed by atoms with van der Waals surface area (Å²) in [4.78, 5) is 15.7. The van der Waals surface area contributed by atoms with Gasteiger partial charge in [0.1, 0.15) is 11.8 Å². The molecule has 0 unspecified atom stereocenters. The lowest BCUT2D eigenvalue weighted by Crippen LogP contribution is -2.46. The van der Waals surface area contributed by atoms with E-state index in [0.29, 0.717) is 5.56 Å². The van der Waals surface area contributed by atoms with E-state index in [1.165, 1.54) is 16.7 Å². The molecular formula is C24H21ClN4O. The summed E-state index contributed by atoms with van der Waals surface area (Å²) >= 11 is 6.04. The van der Waals surface area contributed by atoms with Gasteiger partial charge in [-0.25, -0.2) is 0 Å². The largest absolute Gasteiger partial charge is 0.369 e. The second-order valence-corrected chi connectivity index (χ2v) is 7.77. The van der Waals surface area contributed by atoms with Crippen LogP contribution in [0.4, 0.5) is 11.4 Å². The number of hydrogen-bond donors (Lipinski definition) is 0. The second-order valence-electron chi connectivity index (χ2n) is 7.33. The number of nitrogens with zero attached hydrogens (tertiary/aromatic N) is 4. The summed E-state index contributed by atoms with van der Waals surface area (Å²) in [5.41, 5.74) is 5.13. The minimum atomic E-state index is 0.203. The van der Waals surface area contributed by atoms with Gasteiger partial charge in [0.25, 0.3) is 0 Å². The third kappa shape index (κ3) is 4.35. The Hall–Kier alpha value is -3.20. The number of hydrogen-bond acceptors (Lipinski definition) is 5. The number of benzene rings is 3. The van der Waals surface area contributed by atoms with E-state index in [-0.39, 0.29) is 5.69 Å². The fourth-order valence-electron chi connectivity index (χ4n) is 3.86. The minimum Gasteiger partial charge on any atom is -0.369 e. The van der Waals surface area contributed by atoms with Gasteiger partial charge >= 0.3 is 0 Å². The average Bonchev–Trinajstić information content (AvgIpc) is 2.80. The van der Waals surface area contributed by atoms with Crippen LogP contribution in [0.3, 0.4) is 0 Å². The van der Waals surface area contributed by atoms with Crippen molar-refractivity contribution in [2.45, 2.75) is 6.54 Å². The quantitative estimate of drug-likeness (QED) is 0.508. The summed E-state index contributed by atoms with van der Waals surface area (Å²) in [6, 6.07) is 23.7. The maximum absolute atomic E-state index is 11.0. The van der Waals surface area contributed by atoms with E-state index in [2.05, 4.69) is 51.4 Å². The van der Waals surface area contributed by atoms with Crippen molar-refractivity contribution >= 4 is 23.0 Å². The highest BCUT2D eigenvalue weighted by atomic mass is 35.5. The molecule has 0 aliphatic carbocycles. The van der Waals surface area contributed by atoms with E-state index in [1.807, 2.05) is 24.3 Å². The third-order valence-electron chi connectivity index (χ3n) is 5.50. The number of nitroso groups, excluding NO2 is 1. The van der Waals surface area contributed by atoms with E-state index < -0.39 is 0 Å². The molecule has 4 rings (SSSR count). The Morgan fingerprint density at radius 2 is 1.70 bits per heavy atom. The van der Waals surface area contributed by atoms with E-state index >= 15 is 0 Å². The molecule has 3 aromatic carbocycles. The molecular weight excluding hydrogens is 396 g/mol.